The molecule has 2 N–H and O–H groups in total. The van der Waals surface area contributed by atoms with Gasteiger partial charge < -0.3 is 14.9 Å². The number of hydrogen-bond acceptors (Lipinski definition) is 4. The van der Waals surface area contributed by atoms with E-state index in [2.05, 4.69) is 53.7 Å². The van der Waals surface area contributed by atoms with Gasteiger partial charge in [-0.15, -0.1) is 0 Å². The molecule has 4 aliphatic rings. The van der Waals surface area contributed by atoms with Crippen LogP contribution in [0.4, 0.5) is 0 Å². The van der Waals surface area contributed by atoms with Crippen LogP contribution in [0.25, 0.3) is 0 Å². The van der Waals surface area contributed by atoms with E-state index in [1.54, 1.807) is 18.1 Å². The van der Waals surface area contributed by atoms with Gasteiger partial charge in [-0.25, -0.2) is 0 Å². The summed E-state index contributed by atoms with van der Waals surface area (Å²) in [5.74, 6) is 1.59. The average molecular weight is 499 g/mol. The van der Waals surface area contributed by atoms with E-state index in [4.69, 9.17) is 4.74 Å². The van der Waals surface area contributed by atoms with Crippen molar-refractivity contribution >= 4 is 5.97 Å². The lowest BCUT2D eigenvalue weighted by molar-refractivity contribution is -0.165. The Labute approximate surface area is 219 Å². The molecule has 0 amide bonds. The maximum Gasteiger partial charge on any atom is 0.302 e. The normalized spacial score (nSPS) is 39.6. The highest BCUT2D eigenvalue weighted by atomic mass is 16.5. The van der Waals surface area contributed by atoms with Crippen LogP contribution in [0.1, 0.15) is 99.8 Å². The van der Waals surface area contributed by atoms with Crippen LogP contribution in [-0.2, 0) is 9.53 Å². The minimum Gasteiger partial charge on any atom is -0.462 e. The Bertz CT molecular complexity index is 951. The molecule has 0 bridgehead atoms. The van der Waals surface area contributed by atoms with Gasteiger partial charge in [0.05, 0.1) is 13.2 Å². The molecule has 0 saturated heterocycles. The number of aliphatic hydroxyl groups is 2. The highest BCUT2D eigenvalue weighted by Gasteiger charge is 2.63. The van der Waals surface area contributed by atoms with Crippen LogP contribution in [0.5, 0.6) is 0 Å². The van der Waals surface area contributed by atoms with Gasteiger partial charge in [-0.05, 0) is 102 Å². The van der Waals surface area contributed by atoms with Crippen molar-refractivity contribution in [1.29, 1.82) is 0 Å². The van der Waals surface area contributed by atoms with Gasteiger partial charge in [-0.3, -0.25) is 4.79 Å². The number of aliphatic hydroxyl groups excluding tert-OH is 2. The molecule has 4 nitrogen and oxygen atoms in total. The number of ether oxygens (including phenoxy) is 1. The number of esters is 1. The number of allylic oxidation sites excluding steroid dienone is 5. The zero-order chi connectivity index (χ0) is 26.5. The molecule has 0 aromatic rings. The van der Waals surface area contributed by atoms with E-state index in [9.17, 15) is 15.0 Å². The number of carbonyl (C=O) groups is 1. The maximum atomic E-state index is 11.8. The molecule has 0 spiro atoms. The zero-order valence-electron chi connectivity index (χ0n) is 23.8. The lowest BCUT2D eigenvalue weighted by atomic mass is 9.44. The van der Waals surface area contributed by atoms with Crippen molar-refractivity contribution < 1.29 is 19.7 Å². The Morgan fingerprint density at radius 3 is 2.42 bits per heavy atom. The van der Waals surface area contributed by atoms with Crippen LogP contribution >= 0.6 is 0 Å². The summed E-state index contributed by atoms with van der Waals surface area (Å²) in [4.78, 5) is 11.8. The number of hydrogen-bond donors (Lipinski definition) is 2. The molecule has 202 valence electrons. The monoisotopic (exact) mass is 498 g/mol. The minimum absolute atomic E-state index is 0.00369. The summed E-state index contributed by atoms with van der Waals surface area (Å²) in [6, 6.07) is 0. The lowest BCUT2D eigenvalue weighted by Gasteiger charge is -2.61. The molecular formula is C32H50O4. The van der Waals surface area contributed by atoms with E-state index in [0.29, 0.717) is 17.8 Å². The fourth-order valence-electron chi connectivity index (χ4n) is 9.27. The predicted octanol–water partition coefficient (Wildman–Crippen LogP) is 6.77. The number of carbonyl (C=O) groups excluding carboxylic acids is 1. The van der Waals surface area contributed by atoms with Gasteiger partial charge in [0, 0.05) is 12.3 Å². The summed E-state index contributed by atoms with van der Waals surface area (Å²) in [7, 11) is 0. The van der Waals surface area contributed by atoms with Gasteiger partial charge in [-0.2, -0.15) is 0 Å². The van der Waals surface area contributed by atoms with Crippen LogP contribution in [0.3, 0.4) is 0 Å². The van der Waals surface area contributed by atoms with E-state index < -0.39 is 0 Å². The Morgan fingerprint density at radius 2 is 1.78 bits per heavy atom. The largest absolute Gasteiger partial charge is 0.462 e. The van der Waals surface area contributed by atoms with Crippen LogP contribution in [0.2, 0.25) is 0 Å². The molecule has 36 heavy (non-hydrogen) atoms. The third-order valence-corrected chi connectivity index (χ3v) is 11.7. The first-order chi connectivity index (χ1) is 16.8. The van der Waals surface area contributed by atoms with E-state index in [-0.39, 0.29) is 46.9 Å². The average Bonchev–Trinajstić information content (AvgIpc) is 3.10. The van der Waals surface area contributed by atoms with Crippen molar-refractivity contribution in [2.75, 3.05) is 13.2 Å². The second-order valence-electron chi connectivity index (χ2n) is 13.7. The van der Waals surface area contributed by atoms with Crippen LogP contribution < -0.4 is 0 Å². The first kappa shape index (κ1) is 27.6. The molecule has 4 heteroatoms. The predicted molar refractivity (Wildman–Crippen MR) is 145 cm³/mol. The van der Waals surface area contributed by atoms with E-state index >= 15 is 0 Å². The van der Waals surface area contributed by atoms with Gasteiger partial charge in [0.15, 0.2) is 0 Å². The molecule has 7 atom stereocenters. The molecule has 2 saturated carbocycles. The fraction of sp³-hybridized carbons (Fsp3) is 0.781. The van der Waals surface area contributed by atoms with Crippen LogP contribution in [-0.4, -0.2) is 35.5 Å². The molecule has 2 fully saturated rings. The Balaban J connectivity index is 1.60. The third-order valence-electron chi connectivity index (χ3n) is 11.7. The van der Waals surface area contributed by atoms with Crippen molar-refractivity contribution in [3.8, 4) is 0 Å². The quantitative estimate of drug-likeness (QED) is 0.300. The van der Waals surface area contributed by atoms with E-state index in [0.717, 1.165) is 44.1 Å². The molecule has 4 rings (SSSR count). The summed E-state index contributed by atoms with van der Waals surface area (Å²) in [5, 5.41) is 18.7. The SMILES string of the molecule is CC(=O)OC1CCC2(C)C3=CCC4(C)C(C(C)CCC=C(CO)CO)CCC4(C)C3=CCC2C1(C)C. The summed E-state index contributed by atoms with van der Waals surface area (Å²) in [6.07, 6.45) is 16.0. The molecule has 0 aromatic carbocycles. The highest BCUT2D eigenvalue weighted by Crippen LogP contribution is 2.71. The zero-order valence-corrected chi connectivity index (χ0v) is 23.8. The lowest BCUT2D eigenvalue weighted by Crippen LogP contribution is -2.55. The van der Waals surface area contributed by atoms with Crippen LogP contribution in [0, 0.1) is 39.4 Å². The summed E-state index contributed by atoms with van der Waals surface area (Å²) < 4.78 is 5.83. The van der Waals surface area contributed by atoms with Gasteiger partial charge in [0.1, 0.15) is 6.10 Å². The van der Waals surface area contributed by atoms with E-state index in [1.165, 1.54) is 12.8 Å². The first-order valence-corrected chi connectivity index (χ1v) is 14.3. The molecule has 7 unspecified atom stereocenters. The molecule has 4 aliphatic carbocycles. The summed E-state index contributed by atoms with van der Waals surface area (Å²) >= 11 is 0. The molecule has 0 radical (unpaired) electrons. The van der Waals surface area contributed by atoms with Gasteiger partial charge in [-0.1, -0.05) is 59.8 Å². The fourth-order valence-corrected chi connectivity index (χ4v) is 9.27. The second kappa shape index (κ2) is 9.73. The van der Waals surface area contributed by atoms with Crippen molar-refractivity contribution in [2.45, 2.75) is 106 Å². The topological polar surface area (TPSA) is 66.8 Å². The number of rotatable bonds is 7. The summed E-state index contributed by atoms with van der Waals surface area (Å²) in [6.45, 7) is 16.1. The molecule has 0 heterocycles. The van der Waals surface area contributed by atoms with Gasteiger partial charge in [0.25, 0.3) is 0 Å². The third kappa shape index (κ3) is 4.15. The second-order valence-corrected chi connectivity index (χ2v) is 13.7. The van der Waals surface area contributed by atoms with Crippen LogP contribution in [0.15, 0.2) is 34.9 Å². The number of fused-ring (bicyclic) bond motifs is 5. The van der Waals surface area contributed by atoms with Gasteiger partial charge in [0.2, 0.25) is 0 Å². The minimum atomic E-state index is -0.158. The standard InChI is InChI=1S/C32H50O4/c1-21(9-8-10-23(19-33)20-34)24-13-17-32(7)26-11-12-27-29(3,4)28(36-22(2)35)15-16-30(27,5)25(26)14-18-31(24,32)6/h10-11,14,21,24,27-28,33-34H,8-9,12-13,15-20H2,1-7H3. The Hall–Kier alpha value is -1.39. The van der Waals surface area contributed by atoms with E-state index in [1.807, 2.05) is 6.08 Å². The van der Waals surface area contributed by atoms with Gasteiger partial charge >= 0.3 is 5.97 Å². The smallest absolute Gasteiger partial charge is 0.302 e. The molecule has 0 aliphatic heterocycles. The van der Waals surface area contributed by atoms with Crippen molar-refractivity contribution in [3.05, 3.63) is 34.9 Å². The van der Waals surface area contributed by atoms with Crippen molar-refractivity contribution in [3.63, 3.8) is 0 Å². The Kier molecular flexibility index (Phi) is 7.47. The van der Waals surface area contributed by atoms with Crippen molar-refractivity contribution in [2.24, 2.45) is 39.4 Å². The summed E-state index contributed by atoms with van der Waals surface area (Å²) in [5.41, 5.74) is 4.47. The highest BCUT2D eigenvalue weighted by molar-refractivity contribution is 5.66. The Morgan fingerprint density at radius 1 is 1.08 bits per heavy atom. The first-order valence-electron chi connectivity index (χ1n) is 14.3. The maximum absolute atomic E-state index is 11.8. The molecule has 0 aromatic heterocycles. The van der Waals surface area contributed by atoms with Crippen molar-refractivity contribution in [1.82, 2.24) is 0 Å². The molecular weight excluding hydrogens is 448 g/mol.